The van der Waals surface area contributed by atoms with Gasteiger partial charge in [-0.1, -0.05) is 47.6 Å². The lowest BCUT2D eigenvalue weighted by Gasteiger charge is -2.15. The van der Waals surface area contributed by atoms with Crippen molar-refractivity contribution in [1.82, 2.24) is 4.90 Å². The Balaban J connectivity index is 1.75. The zero-order valence-corrected chi connectivity index (χ0v) is 16.0. The Morgan fingerprint density at radius 1 is 1.19 bits per heavy atom. The summed E-state index contributed by atoms with van der Waals surface area (Å²) in [6.45, 7) is 2.33. The molecule has 1 saturated heterocycles. The van der Waals surface area contributed by atoms with Gasteiger partial charge in [0.15, 0.2) is 5.17 Å². The van der Waals surface area contributed by atoms with Crippen molar-refractivity contribution < 1.29 is 9.53 Å². The summed E-state index contributed by atoms with van der Waals surface area (Å²) in [6, 6.07) is 14.9. The number of hydrogen-bond acceptors (Lipinski definition) is 5. The van der Waals surface area contributed by atoms with E-state index in [1.54, 1.807) is 30.4 Å². The van der Waals surface area contributed by atoms with Crippen LogP contribution >= 0.6 is 23.4 Å². The number of carbonyl (C=O) groups excluding carboxylic acids is 1. The molecule has 7 heteroatoms. The molecule has 0 aromatic heterocycles. The predicted octanol–water partition coefficient (Wildman–Crippen LogP) is 4.20. The maximum Gasteiger partial charge on any atom is 0.242 e. The molecule has 1 heterocycles. The highest BCUT2D eigenvalue weighted by atomic mass is 35.5. The fraction of sp³-hybridized carbons (Fsp3) is 0.211. The molecule has 0 radical (unpaired) electrons. The highest BCUT2D eigenvalue weighted by Crippen LogP contribution is 2.28. The van der Waals surface area contributed by atoms with E-state index in [1.807, 2.05) is 43.3 Å². The first-order valence-corrected chi connectivity index (χ1v) is 9.30. The van der Waals surface area contributed by atoms with Gasteiger partial charge in [0, 0.05) is 5.02 Å². The van der Waals surface area contributed by atoms with Crippen LogP contribution in [0.4, 0.5) is 0 Å². The van der Waals surface area contributed by atoms with Gasteiger partial charge in [0.05, 0.1) is 25.1 Å². The molecule has 1 amide bonds. The molecule has 0 N–H and O–H groups in total. The van der Waals surface area contributed by atoms with Crippen LogP contribution in [-0.2, 0) is 11.3 Å². The average Bonchev–Trinajstić information content (AvgIpc) is 2.92. The van der Waals surface area contributed by atoms with Gasteiger partial charge in [0.25, 0.3) is 0 Å². The van der Waals surface area contributed by atoms with Gasteiger partial charge < -0.3 is 4.74 Å². The third-order valence-electron chi connectivity index (χ3n) is 3.85. The summed E-state index contributed by atoms with van der Waals surface area (Å²) in [7, 11) is 1.63. The average molecular weight is 388 g/mol. The Hall–Kier alpha value is -2.31. The first-order valence-electron chi connectivity index (χ1n) is 8.04. The minimum absolute atomic E-state index is 0.0336. The lowest BCUT2D eigenvalue weighted by molar-refractivity contribution is -0.126. The largest absolute Gasteiger partial charge is 0.497 e. The maximum atomic E-state index is 12.4. The lowest BCUT2D eigenvalue weighted by Crippen LogP contribution is -2.30. The molecule has 0 unspecified atom stereocenters. The number of methoxy groups -OCH3 is 1. The summed E-state index contributed by atoms with van der Waals surface area (Å²) in [6.07, 6.45) is 1.64. The summed E-state index contributed by atoms with van der Waals surface area (Å²) in [5.74, 6) is 0.817. The quantitative estimate of drug-likeness (QED) is 0.570. The van der Waals surface area contributed by atoms with Crippen molar-refractivity contribution in [2.24, 2.45) is 10.2 Å². The van der Waals surface area contributed by atoms with Crippen molar-refractivity contribution in [2.75, 3.05) is 7.11 Å². The SMILES string of the molecule is COc1ccc(CN2C(=O)[C@@H](C)S/C2=N/N=C\c2ccc(Cl)cc2)cc1. The van der Waals surface area contributed by atoms with Gasteiger partial charge in [0.2, 0.25) is 5.91 Å². The van der Waals surface area contributed by atoms with Crippen LogP contribution < -0.4 is 4.74 Å². The Labute approximate surface area is 161 Å². The third kappa shape index (κ3) is 4.45. The smallest absolute Gasteiger partial charge is 0.242 e. The second-order valence-corrected chi connectivity index (χ2v) is 7.46. The van der Waals surface area contributed by atoms with E-state index in [9.17, 15) is 4.79 Å². The Bertz CT molecular complexity index is 835. The molecule has 2 aromatic rings. The summed E-state index contributed by atoms with van der Waals surface area (Å²) < 4.78 is 5.17. The number of thioether (sulfide) groups is 1. The second-order valence-electron chi connectivity index (χ2n) is 5.71. The minimum Gasteiger partial charge on any atom is -0.497 e. The molecule has 0 saturated carbocycles. The first-order chi connectivity index (χ1) is 12.6. The fourth-order valence-corrected chi connectivity index (χ4v) is 3.46. The van der Waals surface area contributed by atoms with Crippen LogP contribution in [0.5, 0.6) is 5.75 Å². The van der Waals surface area contributed by atoms with Gasteiger partial charge in [-0.25, -0.2) is 0 Å². The van der Waals surface area contributed by atoms with E-state index in [0.717, 1.165) is 16.9 Å². The molecule has 1 fully saturated rings. The summed E-state index contributed by atoms with van der Waals surface area (Å²) in [5, 5.41) is 9.48. The van der Waals surface area contributed by atoms with Gasteiger partial charge in [-0.05, 0) is 42.3 Å². The van der Waals surface area contributed by atoms with E-state index in [1.165, 1.54) is 11.8 Å². The number of halogens is 1. The van der Waals surface area contributed by atoms with Crippen molar-refractivity contribution >= 4 is 40.7 Å². The molecule has 0 bridgehead atoms. The topological polar surface area (TPSA) is 54.3 Å². The number of ether oxygens (including phenoxy) is 1. The predicted molar refractivity (Wildman–Crippen MR) is 107 cm³/mol. The summed E-state index contributed by atoms with van der Waals surface area (Å²) in [5.41, 5.74) is 1.89. The molecule has 5 nitrogen and oxygen atoms in total. The molecule has 134 valence electrons. The van der Waals surface area contributed by atoms with Crippen LogP contribution in [0.25, 0.3) is 0 Å². The minimum atomic E-state index is -0.169. The fourth-order valence-electron chi connectivity index (χ4n) is 2.42. The van der Waals surface area contributed by atoms with Crippen LogP contribution in [0.2, 0.25) is 5.02 Å². The van der Waals surface area contributed by atoms with Crippen LogP contribution in [0.15, 0.2) is 58.7 Å². The number of rotatable bonds is 5. The molecule has 1 atom stereocenters. The normalized spacial score (nSPS) is 18.9. The van der Waals surface area contributed by atoms with E-state index in [2.05, 4.69) is 10.2 Å². The van der Waals surface area contributed by atoms with Crippen molar-refractivity contribution in [3.8, 4) is 5.75 Å². The number of benzene rings is 2. The molecule has 2 aromatic carbocycles. The second kappa shape index (κ2) is 8.38. The molecule has 26 heavy (non-hydrogen) atoms. The van der Waals surface area contributed by atoms with Crippen LogP contribution in [0.1, 0.15) is 18.1 Å². The number of nitrogens with zero attached hydrogens (tertiary/aromatic N) is 3. The molecular weight excluding hydrogens is 370 g/mol. The summed E-state index contributed by atoms with van der Waals surface area (Å²) in [4.78, 5) is 14.1. The highest BCUT2D eigenvalue weighted by molar-refractivity contribution is 8.15. The Morgan fingerprint density at radius 3 is 2.54 bits per heavy atom. The van der Waals surface area contributed by atoms with Gasteiger partial charge in [-0.15, -0.1) is 5.10 Å². The summed E-state index contributed by atoms with van der Waals surface area (Å²) >= 11 is 7.28. The van der Waals surface area contributed by atoms with Crippen molar-refractivity contribution in [2.45, 2.75) is 18.7 Å². The van der Waals surface area contributed by atoms with Crippen LogP contribution in [0.3, 0.4) is 0 Å². The van der Waals surface area contributed by atoms with Crippen LogP contribution in [0, 0.1) is 0 Å². The van der Waals surface area contributed by atoms with E-state index >= 15 is 0 Å². The number of amidine groups is 1. The number of amides is 1. The van der Waals surface area contributed by atoms with Crippen molar-refractivity contribution in [1.29, 1.82) is 0 Å². The van der Waals surface area contributed by atoms with E-state index in [0.29, 0.717) is 16.7 Å². The molecular formula is C19H18ClN3O2S. The van der Waals surface area contributed by atoms with Gasteiger partial charge in [-0.3, -0.25) is 9.69 Å². The van der Waals surface area contributed by atoms with E-state index in [4.69, 9.17) is 16.3 Å². The number of hydrogen-bond donors (Lipinski definition) is 0. The van der Waals surface area contributed by atoms with Crippen molar-refractivity contribution in [3.63, 3.8) is 0 Å². The van der Waals surface area contributed by atoms with Gasteiger partial charge in [-0.2, -0.15) is 5.10 Å². The molecule has 0 aliphatic carbocycles. The van der Waals surface area contributed by atoms with E-state index < -0.39 is 0 Å². The third-order valence-corrected chi connectivity index (χ3v) is 5.17. The van der Waals surface area contributed by atoms with Crippen molar-refractivity contribution in [3.05, 3.63) is 64.7 Å². The zero-order valence-electron chi connectivity index (χ0n) is 14.4. The Morgan fingerprint density at radius 2 is 1.88 bits per heavy atom. The molecule has 1 aliphatic heterocycles. The van der Waals surface area contributed by atoms with Gasteiger partial charge in [0.1, 0.15) is 5.75 Å². The van der Waals surface area contributed by atoms with E-state index in [-0.39, 0.29) is 11.2 Å². The molecule has 3 rings (SSSR count). The van der Waals surface area contributed by atoms with Gasteiger partial charge >= 0.3 is 0 Å². The highest BCUT2D eigenvalue weighted by Gasteiger charge is 2.35. The molecule has 0 spiro atoms. The number of carbonyl (C=O) groups is 1. The molecule has 1 aliphatic rings. The first kappa shape index (κ1) is 18.5. The Kier molecular flexibility index (Phi) is 5.96. The maximum absolute atomic E-state index is 12.4. The van der Waals surface area contributed by atoms with Crippen LogP contribution in [-0.4, -0.2) is 34.5 Å². The standard InChI is InChI=1S/C19H18ClN3O2S/c1-13-18(24)23(12-15-5-9-17(25-2)10-6-15)19(26-13)22-21-11-14-3-7-16(20)8-4-14/h3-11,13H,12H2,1-2H3/b21-11-,22-19+/t13-/m1/s1. The monoisotopic (exact) mass is 387 g/mol. The zero-order chi connectivity index (χ0) is 18.5. The lowest BCUT2D eigenvalue weighted by atomic mass is 10.2.